The first kappa shape index (κ1) is 17.0. The van der Waals surface area contributed by atoms with Crippen molar-refractivity contribution < 1.29 is 32.7 Å². The molecule has 0 spiro atoms. The van der Waals surface area contributed by atoms with E-state index in [2.05, 4.69) is 4.98 Å². The molecule has 1 aromatic rings. The number of amides is 1. The summed E-state index contributed by atoms with van der Waals surface area (Å²) < 4.78 is 37.1. The number of aromatic amines is 1. The molecule has 1 heterocycles. The van der Waals surface area contributed by atoms with Crippen molar-refractivity contribution in [1.82, 2.24) is 10.3 Å². The first-order valence-electron chi connectivity index (χ1n) is 6.95. The fourth-order valence-electron chi connectivity index (χ4n) is 2.66. The van der Waals surface area contributed by atoms with E-state index in [-0.39, 0.29) is 11.5 Å². The van der Waals surface area contributed by atoms with Crippen LogP contribution in [0.2, 0.25) is 0 Å². The third-order valence-corrected chi connectivity index (χ3v) is 3.70. The van der Waals surface area contributed by atoms with E-state index in [1.54, 1.807) is 0 Å². The van der Waals surface area contributed by atoms with Crippen LogP contribution in [0.15, 0.2) is 0 Å². The Morgan fingerprint density at radius 2 is 2.00 bits per heavy atom. The Morgan fingerprint density at radius 3 is 2.52 bits per heavy atom. The number of fused-ring (bicyclic) bond motifs is 1. The molecule has 1 aliphatic carbocycles. The summed E-state index contributed by atoms with van der Waals surface area (Å²) in [6, 6.07) is -2.09. The van der Waals surface area contributed by atoms with Crippen molar-refractivity contribution in [2.24, 2.45) is 0 Å². The summed E-state index contributed by atoms with van der Waals surface area (Å²) in [5, 5.41) is 10.7. The van der Waals surface area contributed by atoms with Gasteiger partial charge in [0.1, 0.15) is 11.7 Å². The number of Topliss-reactive ketones (excluding diaryl/α,β-unsaturated/α-hetero) is 1. The van der Waals surface area contributed by atoms with E-state index in [0.29, 0.717) is 36.1 Å². The molecule has 6 nitrogen and oxygen atoms in total. The van der Waals surface area contributed by atoms with Crippen LogP contribution in [0.1, 0.15) is 51.4 Å². The van der Waals surface area contributed by atoms with Crippen molar-refractivity contribution >= 4 is 17.7 Å². The average molecular weight is 332 g/mol. The molecule has 0 fully saturated rings. The summed E-state index contributed by atoms with van der Waals surface area (Å²) in [6.07, 6.45) is -4.87. The highest BCUT2D eigenvalue weighted by Crippen LogP contribution is 2.27. The molecule has 1 aliphatic rings. The van der Waals surface area contributed by atoms with Crippen molar-refractivity contribution in [2.45, 2.75) is 44.8 Å². The molecule has 0 saturated heterocycles. The van der Waals surface area contributed by atoms with E-state index in [0.717, 1.165) is 0 Å². The maximum atomic E-state index is 12.4. The Balaban J connectivity index is 2.23. The number of H-pyrrole nitrogens is 1. The molecule has 1 unspecified atom stereocenters. The Kier molecular flexibility index (Phi) is 4.49. The van der Waals surface area contributed by atoms with Gasteiger partial charge in [0.2, 0.25) is 0 Å². The molecule has 3 N–H and O–H groups in total. The minimum Gasteiger partial charge on any atom is -0.480 e. The van der Waals surface area contributed by atoms with Crippen LogP contribution in [0.3, 0.4) is 0 Å². The van der Waals surface area contributed by atoms with Gasteiger partial charge in [-0.05, 0) is 25.3 Å². The number of carboxylic acid groups (broad SMARTS) is 1. The number of hydrogen-bond donors (Lipinski definition) is 3. The molecule has 126 valence electrons. The van der Waals surface area contributed by atoms with Gasteiger partial charge in [0.15, 0.2) is 5.78 Å². The molecule has 0 saturated carbocycles. The number of hydrogen-bond acceptors (Lipinski definition) is 3. The van der Waals surface area contributed by atoms with Gasteiger partial charge in [0, 0.05) is 17.7 Å². The van der Waals surface area contributed by atoms with Crippen LogP contribution in [0, 0.1) is 6.92 Å². The predicted molar refractivity (Wildman–Crippen MR) is 72.4 cm³/mol. The number of aromatic nitrogens is 1. The second-order valence-corrected chi connectivity index (χ2v) is 5.44. The summed E-state index contributed by atoms with van der Waals surface area (Å²) in [7, 11) is 0. The second-order valence-electron chi connectivity index (χ2n) is 5.44. The second kappa shape index (κ2) is 6.05. The molecule has 2 rings (SSSR count). The highest BCUT2D eigenvalue weighted by Gasteiger charge is 2.37. The van der Waals surface area contributed by atoms with Crippen molar-refractivity contribution in [3.8, 4) is 0 Å². The van der Waals surface area contributed by atoms with Crippen molar-refractivity contribution in [2.75, 3.05) is 0 Å². The van der Waals surface area contributed by atoms with Gasteiger partial charge in [-0.25, -0.2) is 4.79 Å². The van der Waals surface area contributed by atoms with Crippen LogP contribution >= 0.6 is 0 Å². The quantitative estimate of drug-likeness (QED) is 0.785. The number of rotatable bonds is 4. The molecule has 23 heavy (non-hydrogen) atoms. The number of halogens is 3. The minimum atomic E-state index is -4.73. The van der Waals surface area contributed by atoms with Crippen LogP contribution in [-0.4, -0.2) is 40.0 Å². The van der Waals surface area contributed by atoms with Crippen LogP contribution in [0.25, 0.3) is 0 Å². The molecule has 9 heteroatoms. The zero-order valence-corrected chi connectivity index (χ0v) is 12.2. The van der Waals surface area contributed by atoms with E-state index < -0.39 is 30.5 Å². The first-order chi connectivity index (χ1) is 10.6. The molecule has 1 aromatic heterocycles. The monoisotopic (exact) mass is 332 g/mol. The largest absolute Gasteiger partial charge is 0.480 e. The highest BCUT2D eigenvalue weighted by molar-refractivity contribution is 6.04. The van der Waals surface area contributed by atoms with Gasteiger partial charge in [-0.3, -0.25) is 9.59 Å². The lowest BCUT2D eigenvalue weighted by Crippen LogP contribution is -2.43. The van der Waals surface area contributed by atoms with E-state index in [4.69, 9.17) is 5.11 Å². The average Bonchev–Trinajstić information content (AvgIpc) is 2.75. The topological polar surface area (TPSA) is 99.3 Å². The summed E-state index contributed by atoms with van der Waals surface area (Å²) in [4.78, 5) is 37.6. The van der Waals surface area contributed by atoms with Crippen LogP contribution < -0.4 is 5.32 Å². The van der Waals surface area contributed by atoms with Gasteiger partial charge >= 0.3 is 12.1 Å². The first-order valence-corrected chi connectivity index (χ1v) is 6.95. The maximum Gasteiger partial charge on any atom is 0.391 e. The van der Waals surface area contributed by atoms with Gasteiger partial charge in [-0.2, -0.15) is 13.2 Å². The minimum absolute atomic E-state index is 0.0707. The normalized spacial score (nSPS) is 15.9. The summed E-state index contributed by atoms with van der Waals surface area (Å²) in [5.41, 5.74) is 1.20. The lowest BCUT2D eigenvalue weighted by molar-refractivity contribution is -0.157. The van der Waals surface area contributed by atoms with Crippen LogP contribution in [0.4, 0.5) is 13.2 Å². The number of carbonyl (C=O) groups is 3. The number of ketones is 1. The molecule has 0 bridgehead atoms. The van der Waals surface area contributed by atoms with Gasteiger partial charge in [0.25, 0.3) is 5.91 Å². The maximum absolute atomic E-state index is 12.4. The molecular formula is C14H15F3N2O4. The van der Waals surface area contributed by atoms with Crippen molar-refractivity contribution in [1.29, 1.82) is 0 Å². The third kappa shape index (κ3) is 3.72. The standard InChI is InChI=1S/C14H15F3N2O4/c1-6-10-7(3-2-4-9(10)20)18-11(6)12(21)19-8(13(22)23)5-14(15,16)17/h8,18H,2-5H2,1H3,(H,19,21)(H,22,23). The Bertz CT molecular complexity index is 664. The van der Waals surface area contributed by atoms with Crippen molar-refractivity contribution in [3.05, 3.63) is 22.5 Å². The van der Waals surface area contributed by atoms with E-state index in [9.17, 15) is 27.6 Å². The molecule has 0 aliphatic heterocycles. The zero-order valence-electron chi connectivity index (χ0n) is 12.2. The molecule has 1 atom stereocenters. The van der Waals surface area contributed by atoms with E-state index in [1.165, 1.54) is 6.92 Å². The number of aryl methyl sites for hydroxylation is 1. The molecular weight excluding hydrogens is 317 g/mol. The number of nitrogens with one attached hydrogen (secondary N) is 2. The van der Waals surface area contributed by atoms with E-state index in [1.807, 2.05) is 5.32 Å². The Labute approximate surface area is 129 Å². The fourth-order valence-corrected chi connectivity index (χ4v) is 2.66. The summed E-state index contributed by atoms with van der Waals surface area (Å²) in [5.74, 6) is -2.88. The zero-order chi connectivity index (χ0) is 17.4. The lowest BCUT2D eigenvalue weighted by atomic mass is 9.94. The predicted octanol–water partition coefficient (Wildman–Crippen LogP) is 1.98. The summed E-state index contributed by atoms with van der Waals surface area (Å²) in [6.45, 7) is 1.51. The van der Waals surface area contributed by atoms with E-state index >= 15 is 0 Å². The number of carbonyl (C=O) groups excluding carboxylic acids is 2. The molecule has 0 aromatic carbocycles. The third-order valence-electron chi connectivity index (χ3n) is 3.70. The summed E-state index contributed by atoms with van der Waals surface area (Å²) >= 11 is 0. The van der Waals surface area contributed by atoms with Gasteiger partial charge in [0.05, 0.1) is 6.42 Å². The molecule has 1 amide bonds. The van der Waals surface area contributed by atoms with Gasteiger partial charge in [-0.1, -0.05) is 0 Å². The van der Waals surface area contributed by atoms with Gasteiger partial charge in [-0.15, -0.1) is 0 Å². The number of carboxylic acids is 1. The Morgan fingerprint density at radius 1 is 1.35 bits per heavy atom. The van der Waals surface area contributed by atoms with Gasteiger partial charge < -0.3 is 15.4 Å². The van der Waals surface area contributed by atoms with Crippen molar-refractivity contribution in [3.63, 3.8) is 0 Å². The number of alkyl halides is 3. The van der Waals surface area contributed by atoms with Crippen LogP contribution in [-0.2, 0) is 11.2 Å². The lowest BCUT2D eigenvalue weighted by Gasteiger charge is -2.16. The van der Waals surface area contributed by atoms with Crippen LogP contribution in [0.5, 0.6) is 0 Å². The number of aliphatic carboxylic acids is 1. The highest BCUT2D eigenvalue weighted by atomic mass is 19.4. The smallest absolute Gasteiger partial charge is 0.391 e. The molecule has 0 radical (unpaired) electrons. The SMILES string of the molecule is Cc1c(C(=O)NC(CC(F)(F)F)C(=O)O)[nH]c2c1C(=O)CCC2. The fraction of sp³-hybridized carbons (Fsp3) is 0.500. The Hall–Kier alpha value is -2.32.